The SMILES string of the molecule is Cc1ccc(C)c(S(=O)(=O)NCCNC(=O)C2(c3ccc(F)cc3)CC2)c1. The third-order valence-electron chi connectivity index (χ3n) is 4.92. The smallest absolute Gasteiger partial charge is 0.240 e. The van der Waals surface area contributed by atoms with Crippen LogP contribution in [0.4, 0.5) is 4.39 Å². The van der Waals surface area contributed by atoms with Crippen LogP contribution in [0.15, 0.2) is 47.4 Å². The van der Waals surface area contributed by atoms with Crippen LogP contribution < -0.4 is 10.0 Å². The van der Waals surface area contributed by atoms with E-state index in [2.05, 4.69) is 10.0 Å². The van der Waals surface area contributed by atoms with Crippen molar-refractivity contribution in [2.45, 2.75) is 37.0 Å². The molecule has 0 radical (unpaired) electrons. The van der Waals surface area contributed by atoms with Crippen LogP contribution >= 0.6 is 0 Å². The number of amides is 1. The lowest BCUT2D eigenvalue weighted by Gasteiger charge is -2.16. The van der Waals surface area contributed by atoms with E-state index in [0.717, 1.165) is 11.1 Å². The van der Waals surface area contributed by atoms with Crippen LogP contribution in [0.25, 0.3) is 0 Å². The van der Waals surface area contributed by atoms with E-state index >= 15 is 0 Å². The van der Waals surface area contributed by atoms with Crippen LogP contribution in [0, 0.1) is 19.7 Å². The van der Waals surface area contributed by atoms with Gasteiger partial charge in [0.2, 0.25) is 15.9 Å². The second kappa shape index (κ2) is 7.40. The molecule has 2 N–H and O–H groups in total. The molecule has 3 rings (SSSR count). The number of benzene rings is 2. The lowest BCUT2D eigenvalue weighted by molar-refractivity contribution is -0.123. The standard InChI is InChI=1S/C20H23FN2O3S/c1-14-3-4-15(2)18(13-14)27(25,26)23-12-11-22-19(24)20(9-10-20)16-5-7-17(21)8-6-16/h3-8,13,23H,9-12H2,1-2H3,(H,22,24). The molecular weight excluding hydrogens is 367 g/mol. The third kappa shape index (κ3) is 4.20. The van der Waals surface area contributed by atoms with Gasteiger partial charge in [0.1, 0.15) is 5.82 Å². The topological polar surface area (TPSA) is 75.3 Å². The van der Waals surface area contributed by atoms with E-state index < -0.39 is 15.4 Å². The summed E-state index contributed by atoms with van der Waals surface area (Å²) in [7, 11) is -3.63. The number of carbonyl (C=O) groups is 1. The van der Waals surface area contributed by atoms with E-state index in [1.165, 1.54) is 12.1 Å². The van der Waals surface area contributed by atoms with E-state index in [1.54, 1.807) is 31.2 Å². The number of halogens is 1. The molecule has 1 aliphatic rings. The molecule has 5 nitrogen and oxygen atoms in total. The second-order valence-electron chi connectivity index (χ2n) is 7.01. The highest BCUT2D eigenvalue weighted by atomic mass is 32.2. The number of rotatable bonds is 7. The first-order valence-corrected chi connectivity index (χ1v) is 10.3. The molecular formula is C20H23FN2O3S. The molecule has 0 aliphatic heterocycles. The van der Waals surface area contributed by atoms with E-state index in [-0.39, 0.29) is 29.7 Å². The van der Waals surface area contributed by atoms with E-state index in [9.17, 15) is 17.6 Å². The molecule has 0 heterocycles. The molecule has 0 saturated heterocycles. The van der Waals surface area contributed by atoms with Crippen LogP contribution in [0.5, 0.6) is 0 Å². The van der Waals surface area contributed by atoms with Gasteiger partial charge in [-0.3, -0.25) is 4.79 Å². The molecule has 0 unspecified atom stereocenters. The summed E-state index contributed by atoms with van der Waals surface area (Å²) in [6.07, 6.45) is 1.41. The summed E-state index contributed by atoms with van der Waals surface area (Å²) >= 11 is 0. The average Bonchev–Trinajstić information content (AvgIpc) is 3.43. The van der Waals surface area contributed by atoms with Gasteiger partial charge in [0, 0.05) is 13.1 Å². The predicted octanol–water partition coefficient (Wildman–Crippen LogP) is 2.57. The summed E-state index contributed by atoms with van der Waals surface area (Å²) in [6.45, 7) is 3.87. The molecule has 144 valence electrons. The van der Waals surface area contributed by atoms with Crippen molar-refractivity contribution in [2.75, 3.05) is 13.1 Å². The molecule has 0 atom stereocenters. The zero-order valence-corrected chi connectivity index (χ0v) is 16.2. The Kier molecular flexibility index (Phi) is 5.35. The minimum Gasteiger partial charge on any atom is -0.354 e. The van der Waals surface area contributed by atoms with Gasteiger partial charge in [-0.05, 0) is 61.6 Å². The van der Waals surface area contributed by atoms with Gasteiger partial charge < -0.3 is 5.32 Å². The highest BCUT2D eigenvalue weighted by molar-refractivity contribution is 7.89. The minimum absolute atomic E-state index is 0.0982. The summed E-state index contributed by atoms with van der Waals surface area (Å²) in [5, 5.41) is 2.79. The van der Waals surface area contributed by atoms with Crippen LogP contribution in [-0.4, -0.2) is 27.4 Å². The second-order valence-corrected chi connectivity index (χ2v) is 8.75. The fourth-order valence-electron chi connectivity index (χ4n) is 3.15. The highest BCUT2D eigenvalue weighted by Crippen LogP contribution is 2.48. The van der Waals surface area contributed by atoms with Gasteiger partial charge in [-0.2, -0.15) is 0 Å². The van der Waals surface area contributed by atoms with Gasteiger partial charge in [0.15, 0.2) is 0 Å². The maximum Gasteiger partial charge on any atom is 0.240 e. The summed E-state index contributed by atoms with van der Waals surface area (Å²) in [4.78, 5) is 12.8. The first-order chi connectivity index (χ1) is 12.7. The fraction of sp³-hybridized carbons (Fsp3) is 0.350. The molecule has 0 aromatic heterocycles. The van der Waals surface area contributed by atoms with Crippen molar-refractivity contribution in [2.24, 2.45) is 0 Å². The summed E-state index contributed by atoms with van der Waals surface area (Å²) in [5.41, 5.74) is 1.71. The van der Waals surface area contributed by atoms with Gasteiger partial charge in [-0.15, -0.1) is 0 Å². The van der Waals surface area contributed by atoms with Crippen LogP contribution in [0.3, 0.4) is 0 Å². The predicted molar refractivity (Wildman–Crippen MR) is 101 cm³/mol. The molecule has 2 aromatic rings. The summed E-state index contributed by atoms with van der Waals surface area (Å²) in [6, 6.07) is 11.2. The monoisotopic (exact) mass is 390 g/mol. The van der Waals surface area contributed by atoms with Crippen molar-refractivity contribution in [3.63, 3.8) is 0 Å². The third-order valence-corrected chi connectivity index (χ3v) is 6.52. The van der Waals surface area contributed by atoms with Gasteiger partial charge in [0.25, 0.3) is 0 Å². The van der Waals surface area contributed by atoms with Gasteiger partial charge >= 0.3 is 0 Å². The zero-order valence-electron chi connectivity index (χ0n) is 15.4. The highest BCUT2D eigenvalue weighted by Gasteiger charge is 2.51. The quantitative estimate of drug-likeness (QED) is 0.714. The van der Waals surface area contributed by atoms with Crippen LogP contribution in [0.2, 0.25) is 0 Å². The van der Waals surface area contributed by atoms with Crippen molar-refractivity contribution in [1.82, 2.24) is 10.0 Å². The van der Waals surface area contributed by atoms with Crippen molar-refractivity contribution >= 4 is 15.9 Å². The van der Waals surface area contributed by atoms with E-state index in [1.807, 2.05) is 13.0 Å². The average molecular weight is 390 g/mol. The van der Waals surface area contributed by atoms with Gasteiger partial charge in [-0.1, -0.05) is 24.3 Å². The normalized spacial score (nSPS) is 15.4. The van der Waals surface area contributed by atoms with Gasteiger partial charge in [0.05, 0.1) is 10.3 Å². The minimum atomic E-state index is -3.63. The number of aryl methyl sites for hydroxylation is 2. The molecule has 0 spiro atoms. The van der Waals surface area contributed by atoms with Crippen molar-refractivity contribution in [3.8, 4) is 0 Å². The maximum absolute atomic E-state index is 13.1. The first-order valence-electron chi connectivity index (χ1n) is 8.86. The Morgan fingerprint density at radius 3 is 2.37 bits per heavy atom. The Balaban J connectivity index is 1.56. The molecule has 1 aliphatic carbocycles. The fourth-order valence-corrected chi connectivity index (χ4v) is 4.51. The molecule has 2 aromatic carbocycles. The van der Waals surface area contributed by atoms with E-state index in [4.69, 9.17) is 0 Å². The number of nitrogens with one attached hydrogen (secondary N) is 2. The summed E-state index contributed by atoms with van der Waals surface area (Å²) < 4.78 is 40.5. The molecule has 1 amide bonds. The lowest BCUT2D eigenvalue weighted by atomic mass is 9.95. The maximum atomic E-state index is 13.1. The van der Waals surface area contributed by atoms with Crippen molar-refractivity contribution in [1.29, 1.82) is 0 Å². The number of hydrogen-bond donors (Lipinski definition) is 2. The van der Waals surface area contributed by atoms with Crippen molar-refractivity contribution in [3.05, 3.63) is 65.0 Å². The number of sulfonamides is 1. The lowest BCUT2D eigenvalue weighted by Crippen LogP contribution is -2.39. The van der Waals surface area contributed by atoms with Gasteiger partial charge in [-0.25, -0.2) is 17.5 Å². The molecule has 0 bridgehead atoms. The zero-order chi connectivity index (χ0) is 19.7. The Labute approximate surface area is 159 Å². The first kappa shape index (κ1) is 19.5. The Morgan fingerprint density at radius 1 is 1.07 bits per heavy atom. The largest absolute Gasteiger partial charge is 0.354 e. The molecule has 7 heteroatoms. The Morgan fingerprint density at radius 2 is 1.74 bits per heavy atom. The van der Waals surface area contributed by atoms with Crippen LogP contribution in [0.1, 0.15) is 29.5 Å². The molecule has 27 heavy (non-hydrogen) atoms. The molecule has 1 saturated carbocycles. The summed E-state index contributed by atoms with van der Waals surface area (Å²) in [5.74, 6) is -0.490. The Hall–Kier alpha value is -2.25. The Bertz CT molecular complexity index is 952. The number of hydrogen-bond acceptors (Lipinski definition) is 3. The van der Waals surface area contributed by atoms with E-state index in [0.29, 0.717) is 18.4 Å². The number of carbonyl (C=O) groups excluding carboxylic acids is 1. The van der Waals surface area contributed by atoms with Crippen LogP contribution in [-0.2, 0) is 20.2 Å². The van der Waals surface area contributed by atoms with Crippen molar-refractivity contribution < 1.29 is 17.6 Å². The molecule has 1 fully saturated rings.